The molecule has 2 rings (SSSR count). The molecule has 88 valence electrons. The Kier molecular flexibility index (Phi) is 3.70. The number of rotatable bonds is 2. The van der Waals surface area contributed by atoms with Crippen molar-refractivity contribution in [1.29, 1.82) is 0 Å². The molecule has 1 aliphatic carbocycles. The molecule has 2 nitrogen and oxygen atoms in total. The fourth-order valence-electron chi connectivity index (χ4n) is 2.79. The van der Waals surface area contributed by atoms with Gasteiger partial charge in [0.05, 0.1) is 0 Å². The Balaban J connectivity index is 1.98. The van der Waals surface area contributed by atoms with Crippen LogP contribution in [0.2, 0.25) is 5.15 Å². The second kappa shape index (κ2) is 5.05. The minimum atomic E-state index is 0.557. The van der Waals surface area contributed by atoms with Gasteiger partial charge < -0.3 is 5.32 Å². The fraction of sp³-hybridized carbons (Fsp3) is 0.615. The first-order valence-corrected chi connectivity index (χ1v) is 6.39. The van der Waals surface area contributed by atoms with Crippen LogP contribution in [0.3, 0.4) is 0 Å². The number of nitrogens with one attached hydrogen (secondary N) is 1. The molecule has 0 aromatic carbocycles. The Morgan fingerprint density at radius 1 is 1.25 bits per heavy atom. The predicted molar refractivity (Wildman–Crippen MR) is 68.8 cm³/mol. The van der Waals surface area contributed by atoms with Crippen LogP contribution in [-0.2, 0) is 0 Å². The van der Waals surface area contributed by atoms with Crippen molar-refractivity contribution in [2.24, 2.45) is 11.8 Å². The van der Waals surface area contributed by atoms with Crippen LogP contribution in [0, 0.1) is 11.8 Å². The lowest BCUT2D eigenvalue weighted by Gasteiger charge is -2.32. The first kappa shape index (κ1) is 11.7. The highest BCUT2D eigenvalue weighted by Gasteiger charge is 2.23. The Morgan fingerprint density at radius 3 is 2.56 bits per heavy atom. The van der Waals surface area contributed by atoms with E-state index < -0.39 is 0 Å². The van der Waals surface area contributed by atoms with Gasteiger partial charge in [-0.3, -0.25) is 0 Å². The van der Waals surface area contributed by atoms with Gasteiger partial charge in [-0.25, -0.2) is 4.98 Å². The maximum Gasteiger partial charge on any atom is 0.131 e. The van der Waals surface area contributed by atoms with Crippen molar-refractivity contribution in [3.8, 4) is 0 Å². The quantitative estimate of drug-likeness (QED) is 0.789. The standard InChI is InChI=1S/C13H19ClN2/c1-9-5-10(2)7-12(6-9)16-11-3-4-15-13(14)8-11/h3-4,8-10,12H,5-7H2,1-2H3,(H,15,16). The van der Waals surface area contributed by atoms with Crippen LogP contribution in [0.4, 0.5) is 5.69 Å². The largest absolute Gasteiger partial charge is 0.382 e. The highest BCUT2D eigenvalue weighted by molar-refractivity contribution is 6.29. The maximum atomic E-state index is 5.87. The van der Waals surface area contributed by atoms with Crippen molar-refractivity contribution in [3.05, 3.63) is 23.5 Å². The molecule has 0 aliphatic heterocycles. The lowest BCUT2D eigenvalue weighted by Crippen LogP contribution is -2.30. The molecule has 0 saturated heterocycles. The summed E-state index contributed by atoms with van der Waals surface area (Å²) in [5.41, 5.74) is 1.09. The number of nitrogens with zero attached hydrogens (tertiary/aromatic N) is 1. The Bertz CT molecular complexity index is 344. The number of hydrogen-bond donors (Lipinski definition) is 1. The summed E-state index contributed by atoms with van der Waals surface area (Å²) < 4.78 is 0. The van der Waals surface area contributed by atoms with Crippen LogP contribution in [0.15, 0.2) is 18.3 Å². The van der Waals surface area contributed by atoms with Crippen molar-refractivity contribution in [2.45, 2.75) is 39.2 Å². The Labute approximate surface area is 102 Å². The van der Waals surface area contributed by atoms with E-state index in [1.54, 1.807) is 6.20 Å². The summed E-state index contributed by atoms with van der Waals surface area (Å²) in [4.78, 5) is 3.99. The topological polar surface area (TPSA) is 24.9 Å². The Morgan fingerprint density at radius 2 is 1.94 bits per heavy atom. The molecule has 0 radical (unpaired) electrons. The van der Waals surface area contributed by atoms with E-state index in [9.17, 15) is 0 Å². The average Bonchev–Trinajstić information content (AvgIpc) is 2.15. The van der Waals surface area contributed by atoms with Gasteiger partial charge in [-0.1, -0.05) is 25.4 Å². The van der Waals surface area contributed by atoms with Gasteiger partial charge in [0.1, 0.15) is 5.15 Å². The van der Waals surface area contributed by atoms with E-state index in [1.165, 1.54) is 19.3 Å². The monoisotopic (exact) mass is 238 g/mol. The van der Waals surface area contributed by atoms with E-state index in [1.807, 2.05) is 12.1 Å². The summed E-state index contributed by atoms with van der Waals surface area (Å²) >= 11 is 5.87. The maximum absolute atomic E-state index is 5.87. The Hall–Kier alpha value is -0.760. The molecular weight excluding hydrogens is 220 g/mol. The summed E-state index contributed by atoms with van der Waals surface area (Å²) in [6, 6.07) is 4.46. The van der Waals surface area contributed by atoms with Crippen LogP contribution in [0.5, 0.6) is 0 Å². The average molecular weight is 239 g/mol. The molecule has 1 N–H and O–H groups in total. The summed E-state index contributed by atoms with van der Waals surface area (Å²) in [6.07, 6.45) is 5.62. The first-order valence-electron chi connectivity index (χ1n) is 6.01. The number of aromatic nitrogens is 1. The van der Waals surface area contributed by atoms with Gasteiger partial charge in [-0.05, 0) is 43.2 Å². The van der Waals surface area contributed by atoms with Crippen molar-refractivity contribution < 1.29 is 0 Å². The van der Waals surface area contributed by atoms with Gasteiger partial charge >= 0.3 is 0 Å². The number of halogens is 1. The van der Waals surface area contributed by atoms with Gasteiger partial charge in [0.25, 0.3) is 0 Å². The predicted octanol–water partition coefficient (Wildman–Crippen LogP) is 3.97. The van der Waals surface area contributed by atoms with E-state index in [4.69, 9.17) is 11.6 Å². The van der Waals surface area contributed by atoms with Gasteiger partial charge in [0.2, 0.25) is 0 Å². The molecule has 3 heteroatoms. The highest BCUT2D eigenvalue weighted by atomic mass is 35.5. The van der Waals surface area contributed by atoms with Gasteiger partial charge in [0, 0.05) is 17.9 Å². The third-order valence-corrected chi connectivity index (χ3v) is 3.48. The molecule has 2 unspecified atom stereocenters. The molecule has 1 aromatic heterocycles. The van der Waals surface area contributed by atoms with Crippen LogP contribution < -0.4 is 5.32 Å². The summed E-state index contributed by atoms with van der Waals surface area (Å²) in [6.45, 7) is 4.67. The molecule has 1 heterocycles. The molecule has 0 amide bonds. The number of anilines is 1. The smallest absolute Gasteiger partial charge is 0.131 e. The lowest BCUT2D eigenvalue weighted by atomic mass is 9.80. The molecule has 1 fully saturated rings. The van der Waals surface area contributed by atoms with Crippen LogP contribution in [0.1, 0.15) is 33.1 Å². The van der Waals surface area contributed by atoms with E-state index in [-0.39, 0.29) is 0 Å². The van der Waals surface area contributed by atoms with E-state index in [0.717, 1.165) is 17.5 Å². The summed E-state index contributed by atoms with van der Waals surface area (Å²) in [5.74, 6) is 1.64. The van der Waals surface area contributed by atoms with Crippen molar-refractivity contribution in [1.82, 2.24) is 4.98 Å². The highest BCUT2D eigenvalue weighted by Crippen LogP contribution is 2.30. The van der Waals surface area contributed by atoms with Gasteiger partial charge in [-0.15, -0.1) is 0 Å². The van der Waals surface area contributed by atoms with Crippen LogP contribution in [0.25, 0.3) is 0 Å². The number of pyridine rings is 1. The third kappa shape index (κ3) is 3.11. The van der Waals surface area contributed by atoms with Crippen molar-refractivity contribution >= 4 is 17.3 Å². The van der Waals surface area contributed by atoms with E-state index >= 15 is 0 Å². The van der Waals surface area contributed by atoms with E-state index in [0.29, 0.717) is 11.2 Å². The molecule has 16 heavy (non-hydrogen) atoms. The minimum absolute atomic E-state index is 0.557. The van der Waals surface area contributed by atoms with Crippen LogP contribution in [-0.4, -0.2) is 11.0 Å². The lowest BCUT2D eigenvalue weighted by molar-refractivity contribution is 0.281. The van der Waals surface area contributed by atoms with Gasteiger partial charge in [-0.2, -0.15) is 0 Å². The second-order valence-corrected chi connectivity index (χ2v) is 5.51. The third-order valence-electron chi connectivity index (χ3n) is 3.28. The van der Waals surface area contributed by atoms with Crippen LogP contribution >= 0.6 is 11.6 Å². The zero-order valence-corrected chi connectivity index (χ0v) is 10.7. The molecule has 0 spiro atoms. The molecule has 2 atom stereocenters. The molecule has 1 saturated carbocycles. The zero-order chi connectivity index (χ0) is 11.5. The molecule has 1 aromatic rings. The van der Waals surface area contributed by atoms with Crippen molar-refractivity contribution in [3.63, 3.8) is 0 Å². The molecule has 1 aliphatic rings. The van der Waals surface area contributed by atoms with Crippen molar-refractivity contribution in [2.75, 3.05) is 5.32 Å². The first-order chi connectivity index (χ1) is 7.63. The minimum Gasteiger partial charge on any atom is -0.382 e. The SMILES string of the molecule is CC1CC(C)CC(Nc2ccnc(Cl)c2)C1. The summed E-state index contributed by atoms with van der Waals surface area (Å²) in [5, 5.41) is 4.12. The molecule has 0 bridgehead atoms. The molecular formula is C13H19ClN2. The second-order valence-electron chi connectivity index (χ2n) is 5.13. The fourth-order valence-corrected chi connectivity index (χ4v) is 2.97. The normalized spacial score (nSPS) is 30.1. The summed E-state index contributed by atoms with van der Waals surface area (Å²) in [7, 11) is 0. The van der Waals surface area contributed by atoms with E-state index in [2.05, 4.69) is 24.1 Å². The zero-order valence-electron chi connectivity index (χ0n) is 9.91. The number of hydrogen-bond acceptors (Lipinski definition) is 2. The van der Waals surface area contributed by atoms with Gasteiger partial charge in [0.15, 0.2) is 0 Å².